The number of hydrogen-bond acceptors (Lipinski definition) is 4. The molecule has 0 bridgehead atoms. The van der Waals surface area contributed by atoms with E-state index >= 15 is 0 Å². The number of hydrogen-bond donors (Lipinski definition) is 3. The molecule has 0 saturated carbocycles. The van der Waals surface area contributed by atoms with Gasteiger partial charge in [-0.15, -0.1) is 0 Å². The Kier molecular flexibility index (Phi) is 7.95. The number of carbonyl (C=O) groups is 3. The Hall–Kier alpha value is -4.91. The second-order valence-corrected chi connectivity index (χ2v) is 8.54. The lowest BCUT2D eigenvalue weighted by atomic mass is 10.1. The quantitative estimate of drug-likeness (QED) is 0.294. The molecule has 7 nitrogen and oxygen atoms in total. The van der Waals surface area contributed by atoms with Gasteiger partial charge in [-0.25, -0.2) is 0 Å². The molecule has 4 rings (SSSR count). The Bertz CT molecular complexity index is 1330. The first-order valence-corrected chi connectivity index (χ1v) is 11.9. The molecule has 0 radical (unpaired) electrons. The molecule has 186 valence electrons. The number of carbonyl (C=O) groups excluding carboxylic acids is 3. The summed E-state index contributed by atoms with van der Waals surface area (Å²) >= 11 is 0. The van der Waals surface area contributed by atoms with Crippen molar-refractivity contribution in [3.05, 3.63) is 126 Å². The summed E-state index contributed by atoms with van der Waals surface area (Å²) in [7, 11) is 0. The number of anilines is 3. The van der Waals surface area contributed by atoms with E-state index in [1.54, 1.807) is 48.3 Å². The van der Waals surface area contributed by atoms with Crippen LogP contribution in [-0.2, 0) is 4.79 Å². The lowest BCUT2D eigenvalue weighted by Crippen LogP contribution is -2.50. The Morgan fingerprint density at radius 2 is 1.22 bits per heavy atom. The first-order valence-electron chi connectivity index (χ1n) is 11.9. The molecule has 0 aliphatic carbocycles. The summed E-state index contributed by atoms with van der Waals surface area (Å²) in [5.74, 6) is -1.21. The predicted octanol–water partition coefficient (Wildman–Crippen LogP) is 5.24. The van der Waals surface area contributed by atoms with Gasteiger partial charge in [0.25, 0.3) is 17.7 Å². The summed E-state index contributed by atoms with van der Waals surface area (Å²) < 4.78 is 0. The third-order valence-corrected chi connectivity index (χ3v) is 5.73. The van der Waals surface area contributed by atoms with Crippen molar-refractivity contribution in [2.75, 3.05) is 10.3 Å². The van der Waals surface area contributed by atoms with Crippen molar-refractivity contribution in [2.24, 2.45) is 0 Å². The smallest absolute Gasteiger partial charge is 0.261 e. The number of aryl methyl sites for hydroxylation is 1. The Balaban J connectivity index is 1.46. The predicted molar refractivity (Wildman–Crippen MR) is 146 cm³/mol. The SMILES string of the molecule is Cc1ccc(C(=O)Nc2ccccc2C(=O)NC(C)C(=O)NN(c2ccccc2)c2ccccc2)cc1. The van der Waals surface area contributed by atoms with Crippen LogP contribution in [0.5, 0.6) is 0 Å². The van der Waals surface area contributed by atoms with E-state index in [1.165, 1.54) is 0 Å². The van der Waals surface area contributed by atoms with Crippen molar-refractivity contribution >= 4 is 34.8 Å². The van der Waals surface area contributed by atoms with E-state index in [0.29, 0.717) is 11.3 Å². The lowest BCUT2D eigenvalue weighted by Gasteiger charge is -2.27. The van der Waals surface area contributed by atoms with Gasteiger partial charge in [-0.1, -0.05) is 66.2 Å². The zero-order chi connectivity index (χ0) is 26.2. The molecule has 0 aliphatic heterocycles. The fraction of sp³-hybridized carbons (Fsp3) is 0.100. The molecule has 0 aliphatic rings. The van der Waals surface area contributed by atoms with Gasteiger partial charge in [-0.2, -0.15) is 0 Å². The molecule has 0 fully saturated rings. The van der Waals surface area contributed by atoms with Crippen LogP contribution in [0, 0.1) is 6.92 Å². The average molecular weight is 493 g/mol. The molecule has 0 spiro atoms. The molecule has 37 heavy (non-hydrogen) atoms. The molecule has 4 aromatic rings. The molecular formula is C30H28N4O3. The molecule has 3 N–H and O–H groups in total. The number of para-hydroxylation sites is 3. The molecule has 1 unspecified atom stereocenters. The number of benzene rings is 4. The van der Waals surface area contributed by atoms with Gasteiger partial charge in [0.2, 0.25) is 0 Å². The molecule has 4 aromatic carbocycles. The third-order valence-electron chi connectivity index (χ3n) is 5.73. The van der Waals surface area contributed by atoms with Crippen LogP contribution in [-0.4, -0.2) is 23.8 Å². The Morgan fingerprint density at radius 3 is 1.81 bits per heavy atom. The van der Waals surface area contributed by atoms with Crippen molar-refractivity contribution in [1.29, 1.82) is 0 Å². The minimum Gasteiger partial charge on any atom is -0.340 e. The van der Waals surface area contributed by atoms with Gasteiger partial charge >= 0.3 is 0 Å². The van der Waals surface area contributed by atoms with E-state index in [4.69, 9.17) is 0 Å². The van der Waals surface area contributed by atoms with E-state index in [2.05, 4.69) is 16.1 Å². The van der Waals surface area contributed by atoms with Gasteiger partial charge in [0.05, 0.1) is 22.6 Å². The van der Waals surface area contributed by atoms with E-state index in [0.717, 1.165) is 16.9 Å². The molecule has 0 aromatic heterocycles. The number of hydrazine groups is 1. The molecule has 1 atom stereocenters. The van der Waals surface area contributed by atoms with Crippen LogP contribution in [0.1, 0.15) is 33.2 Å². The summed E-state index contributed by atoms with van der Waals surface area (Å²) in [5.41, 5.74) is 6.56. The highest BCUT2D eigenvalue weighted by atomic mass is 16.2. The van der Waals surface area contributed by atoms with Gasteiger partial charge in [-0.3, -0.25) is 24.8 Å². The zero-order valence-corrected chi connectivity index (χ0v) is 20.6. The molecular weight excluding hydrogens is 464 g/mol. The number of nitrogens with zero attached hydrogens (tertiary/aromatic N) is 1. The van der Waals surface area contributed by atoms with Gasteiger partial charge in [-0.05, 0) is 62.4 Å². The number of rotatable bonds is 8. The zero-order valence-electron chi connectivity index (χ0n) is 20.6. The van der Waals surface area contributed by atoms with Crippen LogP contribution in [0.4, 0.5) is 17.1 Å². The van der Waals surface area contributed by atoms with Crippen LogP contribution >= 0.6 is 0 Å². The highest BCUT2D eigenvalue weighted by molar-refractivity contribution is 6.09. The maximum Gasteiger partial charge on any atom is 0.261 e. The summed E-state index contributed by atoms with van der Waals surface area (Å²) in [5, 5.41) is 7.20. The number of nitrogens with one attached hydrogen (secondary N) is 3. The molecule has 7 heteroatoms. The van der Waals surface area contributed by atoms with Crippen LogP contribution in [0.15, 0.2) is 109 Å². The van der Waals surface area contributed by atoms with Crippen molar-refractivity contribution in [3.63, 3.8) is 0 Å². The van der Waals surface area contributed by atoms with Crippen molar-refractivity contribution in [2.45, 2.75) is 19.9 Å². The second-order valence-electron chi connectivity index (χ2n) is 8.54. The fourth-order valence-corrected chi connectivity index (χ4v) is 3.67. The van der Waals surface area contributed by atoms with Gasteiger partial charge in [0.1, 0.15) is 6.04 Å². The van der Waals surface area contributed by atoms with Crippen LogP contribution in [0.25, 0.3) is 0 Å². The van der Waals surface area contributed by atoms with Gasteiger partial charge in [0, 0.05) is 5.56 Å². The third kappa shape index (κ3) is 6.41. The number of amides is 3. The van der Waals surface area contributed by atoms with E-state index in [1.807, 2.05) is 79.7 Å². The fourth-order valence-electron chi connectivity index (χ4n) is 3.67. The summed E-state index contributed by atoms with van der Waals surface area (Å²) in [6.45, 7) is 3.55. The molecule has 0 saturated heterocycles. The maximum atomic E-state index is 13.1. The minimum atomic E-state index is -0.858. The summed E-state index contributed by atoms with van der Waals surface area (Å²) in [6.07, 6.45) is 0. The summed E-state index contributed by atoms with van der Waals surface area (Å²) in [6, 6.07) is 31.8. The highest BCUT2D eigenvalue weighted by Crippen LogP contribution is 2.23. The van der Waals surface area contributed by atoms with E-state index < -0.39 is 17.9 Å². The van der Waals surface area contributed by atoms with Crippen LogP contribution in [0.3, 0.4) is 0 Å². The maximum absolute atomic E-state index is 13.1. The normalized spacial score (nSPS) is 11.2. The largest absolute Gasteiger partial charge is 0.340 e. The van der Waals surface area contributed by atoms with E-state index in [-0.39, 0.29) is 11.5 Å². The molecule has 0 heterocycles. The summed E-state index contributed by atoms with van der Waals surface area (Å²) in [4.78, 5) is 38.9. The average Bonchev–Trinajstić information content (AvgIpc) is 2.93. The molecule has 3 amide bonds. The second kappa shape index (κ2) is 11.7. The van der Waals surface area contributed by atoms with Crippen molar-refractivity contribution in [3.8, 4) is 0 Å². The van der Waals surface area contributed by atoms with Crippen LogP contribution < -0.4 is 21.1 Å². The minimum absolute atomic E-state index is 0.255. The van der Waals surface area contributed by atoms with E-state index in [9.17, 15) is 14.4 Å². The Morgan fingerprint density at radius 1 is 0.676 bits per heavy atom. The standard InChI is InChI=1S/C30H28N4O3/c1-21-17-19-23(20-18-21)29(36)32-27-16-10-9-15-26(27)30(37)31-22(2)28(35)33-34(24-11-5-3-6-12-24)25-13-7-4-8-14-25/h3-20,22H,1-2H3,(H,31,37)(H,32,36)(H,33,35). The van der Waals surface area contributed by atoms with Crippen molar-refractivity contribution in [1.82, 2.24) is 10.7 Å². The Labute approximate surface area is 216 Å². The lowest BCUT2D eigenvalue weighted by molar-refractivity contribution is -0.122. The monoisotopic (exact) mass is 492 g/mol. The highest BCUT2D eigenvalue weighted by Gasteiger charge is 2.22. The van der Waals surface area contributed by atoms with Crippen molar-refractivity contribution < 1.29 is 14.4 Å². The van der Waals surface area contributed by atoms with Crippen LogP contribution in [0.2, 0.25) is 0 Å². The van der Waals surface area contributed by atoms with Gasteiger partial charge < -0.3 is 10.6 Å². The first-order chi connectivity index (χ1) is 17.9. The first kappa shape index (κ1) is 25.2. The van der Waals surface area contributed by atoms with Gasteiger partial charge in [0.15, 0.2) is 0 Å². The topological polar surface area (TPSA) is 90.5 Å².